The fourth-order valence-electron chi connectivity index (χ4n) is 4.79. The fourth-order valence-corrected chi connectivity index (χ4v) is 5.97. The van der Waals surface area contributed by atoms with Crippen molar-refractivity contribution in [3.63, 3.8) is 0 Å². The first kappa shape index (κ1) is 29.2. The predicted octanol–water partition coefficient (Wildman–Crippen LogP) is 4.14. The molecule has 4 rings (SSSR count). The third-order valence-electron chi connectivity index (χ3n) is 6.83. The number of fused-ring (bicyclic) bond motifs is 1. The van der Waals surface area contributed by atoms with Crippen molar-refractivity contribution in [3.8, 4) is 5.75 Å². The van der Waals surface area contributed by atoms with Gasteiger partial charge in [-0.3, -0.25) is 0 Å². The summed E-state index contributed by atoms with van der Waals surface area (Å²) in [6, 6.07) is 9.02. The van der Waals surface area contributed by atoms with Crippen LogP contribution >= 0.6 is 11.6 Å². The number of ether oxygens (including phenoxy) is 1. The van der Waals surface area contributed by atoms with E-state index >= 15 is 0 Å². The molecule has 40 heavy (non-hydrogen) atoms. The minimum atomic E-state index is -3.75. The number of nitrogens with one attached hydrogen (secondary N) is 2. The highest BCUT2D eigenvalue weighted by Gasteiger charge is 2.47. The normalized spacial score (nSPS) is 17.2. The van der Waals surface area contributed by atoms with Crippen LogP contribution in [0, 0.1) is 0 Å². The number of quaternary nitrogens is 1. The van der Waals surface area contributed by atoms with Gasteiger partial charge in [-0.1, -0.05) is 23.7 Å². The molecule has 0 spiro atoms. The van der Waals surface area contributed by atoms with Gasteiger partial charge in [0, 0.05) is 20.2 Å². The summed E-state index contributed by atoms with van der Waals surface area (Å²) < 4.78 is 31.9. The molecule has 14 heteroatoms. The number of imide groups is 1. The maximum atomic E-state index is 13.0. The second kappa shape index (κ2) is 11.4. The maximum absolute atomic E-state index is 13.0. The highest BCUT2D eigenvalue weighted by atomic mass is 35.5. The average molecular weight is 589 g/mol. The van der Waals surface area contributed by atoms with E-state index in [1.165, 1.54) is 33.5 Å². The number of hydrogen-bond donors (Lipinski definition) is 3. The Labute approximate surface area is 237 Å². The Hall–Kier alpha value is -3.78. The van der Waals surface area contributed by atoms with Crippen molar-refractivity contribution < 1.29 is 22.7 Å². The Morgan fingerprint density at radius 3 is 2.52 bits per heavy atom. The molecule has 2 aromatic carbocycles. The second-order valence-electron chi connectivity index (χ2n) is 9.28. The van der Waals surface area contributed by atoms with E-state index in [0.29, 0.717) is 35.5 Å². The van der Waals surface area contributed by atoms with Crippen LogP contribution < -0.4 is 25.6 Å². The van der Waals surface area contributed by atoms with E-state index in [9.17, 15) is 18.0 Å². The van der Waals surface area contributed by atoms with Gasteiger partial charge in [-0.2, -0.15) is 4.98 Å². The maximum Gasteiger partial charge on any atom is 0.426 e. The zero-order valence-corrected chi connectivity index (χ0v) is 24.1. The third-order valence-corrected chi connectivity index (χ3v) is 8.98. The number of urea groups is 1. The predicted molar refractivity (Wildman–Crippen MR) is 154 cm³/mol. The van der Waals surface area contributed by atoms with E-state index in [1.807, 2.05) is 0 Å². The summed E-state index contributed by atoms with van der Waals surface area (Å²) >= 11 is 6.36. The summed E-state index contributed by atoms with van der Waals surface area (Å²) in [5.41, 5.74) is 7.72. The van der Waals surface area contributed by atoms with Gasteiger partial charge in [0.25, 0.3) is 0 Å². The van der Waals surface area contributed by atoms with E-state index in [2.05, 4.69) is 20.6 Å². The average Bonchev–Trinajstić information content (AvgIpc) is 3.06. The lowest BCUT2D eigenvalue weighted by atomic mass is 10.0. The zero-order chi connectivity index (χ0) is 29.2. The Morgan fingerprint density at radius 2 is 1.88 bits per heavy atom. The number of benzene rings is 2. The molecule has 12 nitrogen and oxygen atoms in total. The molecule has 0 radical (unpaired) electrons. The Kier molecular flexibility index (Phi) is 8.30. The quantitative estimate of drug-likeness (QED) is 0.329. The summed E-state index contributed by atoms with van der Waals surface area (Å²) in [5.74, 6) is 0.494. The molecule has 0 fully saturated rings. The number of anilines is 4. The van der Waals surface area contributed by atoms with Crippen molar-refractivity contribution in [2.45, 2.75) is 31.1 Å². The number of amides is 3. The van der Waals surface area contributed by atoms with Gasteiger partial charge in [-0.05, 0) is 38.0 Å². The van der Waals surface area contributed by atoms with Crippen LogP contribution in [-0.4, -0.2) is 62.4 Å². The van der Waals surface area contributed by atoms with Crippen LogP contribution in [0.5, 0.6) is 5.75 Å². The van der Waals surface area contributed by atoms with Crippen LogP contribution in [0.25, 0.3) is 0 Å². The molecule has 1 atom stereocenters. The molecule has 1 unspecified atom stereocenters. The van der Waals surface area contributed by atoms with Crippen molar-refractivity contribution in [2.24, 2.45) is 5.73 Å². The van der Waals surface area contributed by atoms with Crippen molar-refractivity contribution in [1.82, 2.24) is 18.8 Å². The number of rotatable bonds is 8. The smallest absolute Gasteiger partial charge is 0.426 e. The lowest BCUT2D eigenvalue weighted by molar-refractivity contribution is -0.127. The molecule has 0 bridgehead atoms. The molecule has 1 aromatic heterocycles. The number of halogens is 1. The van der Waals surface area contributed by atoms with Crippen molar-refractivity contribution in [2.75, 3.05) is 38.4 Å². The standard InChI is InChI=1S/C26H30ClN7O5S/c1-5-34(25(28)36)20-14-13-19(23(39-4)16(20)9-8-12-22(34)35)31-26-29-15-17(27)24(32-26)30-18-10-6-7-11-21(18)40(37,38)33(2)3/h6-7,10-11,13-15H,5,8-9,12H2,1-4H3,(H3-,28,29,30,31,32,36)/p+1. The topological polar surface area (TPSA) is 157 Å². The Bertz CT molecular complexity index is 1580. The number of primary amides is 1. The van der Waals surface area contributed by atoms with Gasteiger partial charge in [0.2, 0.25) is 16.0 Å². The van der Waals surface area contributed by atoms with Gasteiger partial charge in [0.1, 0.15) is 9.92 Å². The Morgan fingerprint density at radius 1 is 1.15 bits per heavy atom. The van der Waals surface area contributed by atoms with E-state index in [4.69, 9.17) is 22.1 Å². The van der Waals surface area contributed by atoms with Gasteiger partial charge in [-0.15, -0.1) is 4.48 Å². The first-order valence-corrected chi connectivity index (χ1v) is 14.3. The van der Waals surface area contributed by atoms with E-state index in [0.717, 1.165) is 4.31 Å². The van der Waals surface area contributed by atoms with Crippen LogP contribution in [0.2, 0.25) is 5.02 Å². The minimum absolute atomic E-state index is 0.0538. The molecule has 0 saturated heterocycles. The van der Waals surface area contributed by atoms with E-state index in [-0.39, 0.29) is 46.2 Å². The van der Waals surface area contributed by atoms with E-state index in [1.54, 1.807) is 37.3 Å². The van der Waals surface area contributed by atoms with Crippen LogP contribution in [0.3, 0.4) is 0 Å². The number of carbonyl (C=O) groups is 2. The molecule has 212 valence electrons. The molecule has 1 aliphatic heterocycles. The number of nitrogens with zero attached hydrogens (tertiary/aromatic N) is 4. The van der Waals surface area contributed by atoms with E-state index < -0.39 is 20.5 Å². The minimum Gasteiger partial charge on any atom is -0.494 e. The molecule has 0 aliphatic carbocycles. The fraction of sp³-hybridized carbons (Fsp3) is 0.308. The number of nitrogens with two attached hydrogens (primary N) is 1. The largest absolute Gasteiger partial charge is 0.494 e. The van der Waals surface area contributed by atoms with Crippen molar-refractivity contribution in [1.29, 1.82) is 0 Å². The number of sulfonamides is 1. The van der Waals surface area contributed by atoms with Crippen LogP contribution in [0.15, 0.2) is 47.5 Å². The summed E-state index contributed by atoms with van der Waals surface area (Å²) in [7, 11) is 0.642. The highest BCUT2D eigenvalue weighted by Crippen LogP contribution is 2.43. The van der Waals surface area contributed by atoms with Crippen molar-refractivity contribution in [3.05, 3.63) is 53.2 Å². The molecule has 3 aromatic rings. The molecule has 3 amide bonds. The molecular weight excluding hydrogens is 558 g/mol. The number of para-hydroxylation sites is 1. The van der Waals surface area contributed by atoms with Crippen LogP contribution in [0.4, 0.5) is 33.6 Å². The highest BCUT2D eigenvalue weighted by molar-refractivity contribution is 7.89. The number of hydrogen-bond acceptors (Lipinski definition) is 9. The molecule has 1 aliphatic rings. The van der Waals surface area contributed by atoms with Gasteiger partial charge in [0.15, 0.2) is 17.3 Å². The number of aromatic nitrogens is 2. The molecular formula is C26H31ClN7O5S+. The van der Waals surface area contributed by atoms with Crippen molar-refractivity contribution >= 4 is 62.4 Å². The monoisotopic (exact) mass is 588 g/mol. The van der Waals surface area contributed by atoms with Gasteiger partial charge < -0.3 is 21.1 Å². The first-order valence-electron chi connectivity index (χ1n) is 12.5. The van der Waals surface area contributed by atoms with Crippen LogP contribution in [-0.2, 0) is 21.2 Å². The second-order valence-corrected chi connectivity index (χ2v) is 11.8. The molecule has 4 N–H and O–H groups in total. The molecule has 2 heterocycles. The number of carbonyl (C=O) groups excluding carboxylic acids is 2. The SMILES string of the molecule is CC[N+]1(C(N)=O)C(=O)CCCc2c1ccc(Nc1ncc(Cl)c(Nc3ccccc3S(=O)(=O)N(C)C)n1)c2OC. The third kappa shape index (κ3) is 5.08. The van der Waals surface area contributed by atoms with Gasteiger partial charge in [-0.25, -0.2) is 27.3 Å². The summed E-state index contributed by atoms with van der Waals surface area (Å²) in [5, 5.41) is 6.28. The summed E-state index contributed by atoms with van der Waals surface area (Å²) in [6.45, 7) is 1.92. The van der Waals surface area contributed by atoms with Gasteiger partial charge in [0.05, 0.1) is 43.2 Å². The lowest BCUT2D eigenvalue weighted by Gasteiger charge is -2.30. The van der Waals surface area contributed by atoms with Crippen LogP contribution in [0.1, 0.15) is 25.3 Å². The zero-order valence-electron chi connectivity index (χ0n) is 22.6. The summed E-state index contributed by atoms with van der Waals surface area (Å²) in [6.07, 6.45) is 2.61. The molecule has 0 saturated carbocycles. The van der Waals surface area contributed by atoms with Gasteiger partial charge >= 0.3 is 11.9 Å². The summed E-state index contributed by atoms with van der Waals surface area (Å²) in [4.78, 5) is 34.4. The first-order chi connectivity index (χ1) is 19.0. The Balaban J connectivity index is 1.74. The number of methoxy groups -OCH3 is 1. The lowest BCUT2D eigenvalue weighted by Crippen LogP contribution is -2.60.